The van der Waals surface area contributed by atoms with Crippen LogP contribution in [-0.4, -0.2) is 37.4 Å². The molecule has 0 N–H and O–H groups in total. The standard InChI is InChI=1S/C27H30N2O/c1-21-11-13-23(14-12-21)27(24-9-6-10-26(19-24)30-2)29-17-15-25(16-18-29)28-20-22-7-4-3-5-8-22/h3-14,19-20,25,27H,15-18H2,1-2H3. The fourth-order valence-corrected chi connectivity index (χ4v) is 4.20. The first-order chi connectivity index (χ1) is 14.7. The molecule has 1 heterocycles. The summed E-state index contributed by atoms with van der Waals surface area (Å²) in [7, 11) is 1.73. The van der Waals surface area contributed by atoms with Gasteiger partial charge in [0.2, 0.25) is 0 Å². The molecule has 3 aromatic rings. The minimum atomic E-state index is 0.236. The van der Waals surface area contributed by atoms with Crippen molar-refractivity contribution in [2.75, 3.05) is 20.2 Å². The minimum absolute atomic E-state index is 0.236. The minimum Gasteiger partial charge on any atom is -0.497 e. The Labute approximate surface area is 180 Å². The first kappa shape index (κ1) is 20.4. The molecule has 1 aliphatic heterocycles. The van der Waals surface area contributed by atoms with Crippen molar-refractivity contribution in [3.05, 3.63) is 101 Å². The summed E-state index contributed by atoms with van der Waals surface area (Å²) in [5.74, 6) is 0.909. The number of piperidine rings is 1. The van der Waals surface area contributed by atoms with Gasteiger partial charge in [-0.3, -0.25) is 9.89 Å². The predicted octanol–water partition coefficient (Wildman–Crippen LogP) is 5.68. The van der Waals surface area contributed by atoms with E-state index in [2.05, 4.69) is 78.6 Å². The average Bonchev–Trinajstić information content (AvgIpc) is 2.81. The van der Waals surface area contributed by atoms with E-state index in [-0.39, 0.29) is 6.04 Å². The van der Waals surface area contributed by atoms with Crippen LogP contribution in [0, 0.1) is 6.92 Å². The fraction of sp³-hybridized carbons (Fsp3) is 0.296. The average molecular weight is 399 g/mol. The van der Waals surface area contributed by atoms with E-state index in [1.807, 2.05) is 18.3 Å². The molecule has 30 heavy (non-hydrogen) atoms. The summed E-state index contributed by atoms with van der Waals surface area (Å²) in [6.45, 7) is 4.21. The van der Waals surface area contributed by atoms with Gasteiger partial charge < -0.3 is 4.74 Å². The predicted molar refractivity (Wildman–Crippen MR) is 125 cm³/mol. The van der Waals surface area contributed by atoms with Crippen molar-refractivity contribution >= 4 is 6.21 Å². The number of likely N-dealkylation sites (tertiary alicyclic amines) is 1. The van der Waals surface area contributed by atoms with Crippen molar-refractivity contribution in [2.45, 2.75) is 31.8 Å². The van der Waals surface area contributed by atoms with E-state index in [4.69, 9.17) is 9.73 Å². The third-order valence-corrected chi connectivity index (χ3v) is 5.90. The summed E-state index contributed by atoms with van der Waals surface area (Å²) < 4.78 is 5.50. The van der Waals surface area contributed by atoms with E-state index in [1.165, 1.54) is 22.3 Å². The van der Waals surface area contributed by atoms with Crippen molar-refractivity contribution in [3.63, 3.8) is 0 Å². The van der Waals surface area contributed by atoms with Gasteiger partial charge in [0.15, 0.2) is 0 Å². The van der Waals surface area contributed by atoms with Gasteiger partial charge in [0.1, 0.15) is 5.75 Å². The Morgan fingerprint density at radius 2 is 1.63 bits per heavy atom. The molecule has 4 rings (SSSR count). The van der Waals surface area contributed by atoms with E-state index in [9.17, 15) is 0 Å². The normalized spacial score (nSPS) is 16.6. The van der Waals surface area contributed by atoms with Crippen LogP contribution in [0.25, 0.3) is 0 Å². The zero-order valence-electron chi connectivity index (χ0n) is 17.9. The Morgan fingerprint density at radius 1 is 0.900 bits per heavy atom. The number of hydrogen-bond donors (Lipinski definition) is 0. The molecule has 1 aliphatic rings. The maximum Gasteiger partial charge on any atom is 0.119 e. The number of nitrogens with zero attached hydrogens (tertiary/aromatic N) is 2. The number of ether oxygens (including phenoxy) is 1. The van der Waals surface area contributed by atoms with Crippen molar-refractivity contribution in [3.8, 4) is 5.75 Å². The van der Waals surface area contributed by atoms with Crippen LogP contribution in [0.2, 0.25) is 0 Å². The van der Waals surface area contributed by atoms with E-state index in [1.54, 1.807) is 7.11 Å². The molecule has 0 amide bonds. The molecule has 0 aromatic heterocycles. The first-order valence-electron chi connectivity index (χ1n) is 10.8. The van der Waals surface area contributed by atoms with Crippen LogP contribution < -0.4 is 4.74 Å². The second kappa shape index (κ2) is 9.73. The van der Waals surface area contributed by atoms with Crippen molar-refractivity contribution in [2.24, 2.45) is 4.99 Å². The van der Waals surface area contributed by atoms with Crippen LogP contribution in [0.15, 0.2) is 83.9 Å². The molecule has 3 aromatic carbocycles. The SMILES string of the molecule is COc1cccc(C(c2ccc(C)cc2)N2CCC(N=Cc3ccccc3)CC2)c1. The lowest BCUT2D eigenvalue weighted by molar-refractivity contribution is 0.175. The van der Waals surface area contributed by atoms with Gasteiger partial charge in [-0.05, 0) is 48.6 Å². The molecular formula is C27H30N2O. The number of aliphatic imine (C=N–C) groups is 1. The third kappa shape index (κ3) is 4.98. The summed E-state index contributed by atoms with van der Waals surface area (Å²) >= 11 is 0. The molecule has 0 aliphatic carbocycles. The molecule has 154 valence electrons. The maximum atomic E-state index is 5.50. The molecule has 1 unspecified atom stereocenters. The van der Waals surface area contributed by atoms with Gasteiger partial charge >= 0.3 is 0 Å². The van der Waals surface area contributed by atoms with Crippen LogP contribution >= 0.6 is 0 Å². The monoisotopic (exact) mass is 398 g/mol. The van der Waals surface area contributed by atoms with Crippen LogP contribution in [0.1, 0.15) is 41.1 Å². The van der Waals surface area contributed by atoms with Gasteiger partial charge in [-0.15, -0.1) is 0 Å². The van der Waals surface area contributed by atoms with Gasteiger partial charge in [-0.25, -0.2) is 0 Å². The Balaban J connectivity index is 1.52. The van der Waals surface area contributed by atoms with Crippen LogP contribution in [0.4, 0.5) is 0 Å². The molecule has 1 saturated heterocycles. The number of methoxy groups -OCH3 is 1. The van der Waals surface area contributed by atoms with Crippen molar-refractivity contribution < 1.29 is 4.74 Å². The highest BCUT2D eigenvalue weighted by atomic mass is 16.5. The molecule has 0 spiro atoms. The summed E-state index contributed by atoms with van der Waals surface area (Å²) in [5, 5.41) is 0. The molecule has 1 atom stereocenters. The number of aryl methyl sites for hydroxylation is 1. The molecule has 0 bridgehead atoms. The van der Waals surface area contributed by atoms with E-state index < -0.39 is 0 Å². The zero-order chi connectivity index (χ0) is 20.8. The molecule has 1 fully saturated rings. The molecule has 0 radical (unpaired) electrons. The number of benzene rings is 3. The van der Waals surface area contributed by atoms with Gasteiger partial charge in [0.25, 0.3) is 0 Å². The maximum absolute atomic E-state index is 5.50. The number of hydrogen-bond acceptors (Lipinski definition) is 3. The van der Waals surface area contributed by atoms with E-state index in [0.29, 0.717) is 6.04 Å². The lowest BCUT2D eigenvalue weighted by Gasteiger charge is -2.37. The smallest absolute Gasteiger partial charge is 0.119 e. The van der Waals surface area contributed by atoms with Crippen LogP contribution in [0.3, 0.4) is 0 Å². The van der Waals surface area contributed by atoms with Gasteiger partial charge in [-0.2, -0.15) is 0 Å². The second-order valence-electron chi connectivity index (χ2n) is 8.05. The van der Waals surface area contributed by atoms with Crippen molar-refractivity contribution in [1.82, 2.24) is 4.90 Å². The first-order valence-corrected chi connectivity index (χ1v) is 10.8. The topological polar surface area (TPSA) is 24.8 Å². The highest BCUT2D eigenvalue weighted by Crippen LogP contribution is 2.33. The molecule has 3 heteroatoms. The Bertz CT molecular complexity index is 958. The second-order valence-corrected chi connectivity index (χ2v) is 8.05. The lowest BCUT2D eigenvalue weighted by Crippen LogP contribution is -2.38. The Hall–Kier alpha value is -2.91. The third-order valence-electron chi connectivity index (χ3n) is 5.90. The summed E-state index contributed by atoms with van der Waals surface area (Å²) in [5.41, 5.74) is 5.08. The van der Waals surface area contributed by atoms with Crippen LogP contribution in [-0.2, 0) is 0 Å². The Kier molecular flexibility index (Phi) is 6.60. The number of rotatable bonds is 6. The summed E-state index contributed by atoms with van der Waals surface area (Å²) in [4.78, 5) is 7.45. The summed E-state index contributed by atoms with van der Waals surface area (Å²) in [6, 6.07) is 28.4. The summed E-state index contributed by atoms with van der Waals surface area (Å²) in [6.07, 6.45) is 4.19. The van der Waals surface area contributed by atoms with E-state index >= 15 is 0 Å². The molecule has 3 nitrogen and oxygen atoms in total. The quantitative estimate of drug-likeness (QED) is 0.499. The highest BCUT2D eigenvalue weighted by Gasteiger charge is 2.27. The van der Waals surface area contributed by atoms with E-state index in [0.717, 1.165) is 31.7 Å². The zero-order valence-corrected chi connectivity index (χ0v) is 17.9. The Morgan fingerprint density at radius 3 is 2.33 bits per heavy atom. The van der Waals surface area contributed by atoms with Gasteiger partial charge in [0, 0.05) is 19.3 Å². The highest BCUT2D eigenvalue weighted by molar-refractivity contribution is 5.79. The fourth-order valence-electron chi connectivity index (χ4n) is 4.20. The van der Waals surface area contributed by atoms with Crippen LogP contribution in [0.5, 0.6) is 5.75 Å². The van der Waals surface area contributed by atoms with Gasteiger partial charge in [0.05, 0.1) is 19.2 Å². The largest absolute Gasteiger partial charge is 0.497 e. The van der Waals surface area contributed by atoms with Crippen molar-refractivity contribution in [1.29, 1.82) is 0 Å². The van der Waals surface area contributed by atoms with Gasteiger partial charge in [-0.1, -0.05) is 72.3 Å². The molecular weight excluding hydrogens is 368 g/mol. The molecule has 0 saturated carbocycles. The lowest BCUT2D eigenvalue weighted by atomic mass is 9.93.